The lowest BCUT2D eigenvalue weighted by Gasteiger charge is -2.18. The predicted octanol–water partition coefficient (Wildman–Crippen LogP) is 12.0. The Morgan fingerprint density at radius 1 is 0.623 bits per heavy atom. The van der Waals surface area contributed by atoms with Crippen LogP contribution in [0, 0.1) is 24.4 Å². The van der Waals surface area contributed by atoms with E-state index < -0.39 is 52.7 Å². The van der Waals surface area contributed by atoms with Crippen LogP contribution in [0.25, 0.3) is 16.9 Å². The molecule has 0 aliphatic heterocycles. The monoisotopic (exact) mass is 855 g/mol. The van der Waals surface area contributed by atoms with Gasteiger partial charge in [-0.05, 0) is 116 Å². The number of carbonyl (C=O) groups is 3. The molecule has 16 heteroatoms. The number of Topliss-reactive ketones (excluding diaryl/α,β-unsaturated/α-hetero) is 2. The summed E-state index contributed by atoms with van der Waals surface area (Å²) >= 11 is 0. The molecule has 0 amide bonds. The highest BCUT2D eigenvalue weighted by Crippen LogP contribution is 2.40. The molecule has 1 heterocycles. The highest BCUT2D eigenvalue weighted by molar-refractivity contribution is 6.00. The molecule has 61 heavy (non-hydrogen) atoms. The third-order valence-corrected chi connectivity index (χ3v) is 9.02. The Morgan fingerprint density at radius 3 is 1.67 bits per heavy atom. The van der Waals surface area contributed by atoms with Crippen LogP contribution >= 0.6 is 0 Å². The largest absolute Gasteiger partial charge is 0.488 e. The zero-order valence-corrected chi connectivity index (χ0v) is 32.1. The SMILES string of the molecule is CC(=O)CCC(=O)c1cc(C(F)(F)F)ccc1OCc1ccc(F)cc1.Cc1ccc(-c2cc(C(F)(F)F)ccc2OCc2ccc(F)cc2)n1-c1cc(C(=O)O)ccc1F. The van der Waals surface area contributed by atoms with Crippen LogP contribution in [0.2, 0.25) is 0 Å². The van der Waals surface area contributed by atoms with Crippen molar-refractivity contribution in [3.05, 3.63) is 172 Å². The lowest BCUT2D eigenvalue weighted by atomic mass is 10.0. The molecule has 318 valence electrons. The summed E-state index contributed by atoms with van der Waals surface area (Å²) < 4.78 is 133. The van der Waals surface area contributed by atoms with Crippen molar-refractivity contribution in [2.45, 2.75) is 52.3 Å². The molecule has 0 spiro atoms. The first-order chi connectivity index (χ1) is 28.7. The topological polar surface area (TPSA) is 94.8 Å². The highest BCUT2D eigenvalue weighted by atomic mass is 19.4. The fraction of sp³-hybridized carbons (Fsp3) is 0.178. The molecule has 1 N–H and O–H groups in total. The summed E-state index contributed by atoms with van der Waals surface area (Å²) in [6, 6.07) is 22.7. The van der Waals surface area contributed by atoms with Crippen molar-refractivity contribution in [2.24, 2.45) is 0 Å². The third-order valence-electron chi connectivity index (χ3n) is 9.02. The number of ether oxygens (including phenoxy) is 2. The van der Waals surface area contributed by atoms with Gasteiger partial charge in [0.15, 0.2) is 5.78 Å². The van der Waals surface area contributed by atoms with Gasteiger partial charge in [-0.1, -0.05) is 24.3 Å². The number of hydrogen-bond donors (Lipinski definition) is 1. The number of rotatable bonds is 13. The summed E-state index contributed by atoms with van der Waals surface area (Å²) in [5.41, 5.74) is -0.630. The molecule has 0 saturated carbocycles. The van der Waals surface area contributed by atoms with Crippen LogP contribution in [-0.2, 0) is 30.4 Å². The summed E-state index contributed by atoms with van der Waals surface area (Å²) in [7, 11) is 0. The quantitative estimate of drug-likeness (QED) is 0.0918. The normalized spacial score (nSPS) is 11.4. The van der Waals surface area contributed by atoms with Crippen molar-refractivity contribution in [2.75, 3.05) is 0 Å². The number of carboxylic acid groups (broad SMARTS) is 1. The fourth-order valence-electron chi connectivity index (χ4n) is 5.88. The van der Waals surface area contributed by atoms with E-state index in [9.17, 15) is 59.0 Å². The summed E-state index contributed by atoms with van der Waals surface area (Å²) in [6.45, 7) is 2.81. The summed E-state index contributed by atoms with van der Waals surface area (Å²) in [5, 5.41) is 9.32. The Hall–Kier alpha value is -6.84. The van der Waals surface area contributed by atoms with E-state index in [-0.39, 0.29) is 71.4 Å². The molecule has 0 fully saturated rings. The van der Waals surface area contributed by atoms with Crippen molar-refractivity contribution in [3.63, 3.8) is 0 Å². The molecule has 5 aromatic carbocycles. The van der Waals surface area contributed by atoms with Crippen LogP contribution in [0.15, 0.2) is 115 Å². The minimum Gasteiger partial charge on any atom is -0.488 e. The van der Waals surface area contributed by atoms with Crippen molar-refractivity contribution in [3.8, 4) is 28.4 Å². The molecule has 0 aliphatic rings. The number of benzene rings is 5. The first-order valence-electron chi connectivity index (χ1n) is 18.1. The average molecular weight is 856 g/mol. The maximum absolute atomic E-state index is 14.8. The minimum atomic E-state index is -4.65. The first-order valence-corrected chi connectivity index (χ1v) is 18.1. The van der Waals surface area contributed by atoms with E-state index >= 15 is 0 Å². The zero-order valence-electron chi connectivity index (χ0n) is 32.1. The number of hydrogen-bond acceptors (Lipinski definition) is 5. The second kappa shape index (κ2) is 19.0. The Morgan fingerprint density at radius 2 is 1.15 bits per heavy atom. The maximum Gasteiger partial charge on any atom is 0.416 e. The van der Waals surface area contributed by atoms with E-state index in [1.807, 2.05) is 0 Å². The van der Waals surface area contributed by atoms with Gasteiger partial charge in [0, 0.05) is 24.1 Å². The van der Waals surface area contributed by atoms with Gasteiger partial charge in [0.1, 0.15) is 47.9 Å². The number of ketones is 2. The van der Waals surface area contributed by atoms with Crippen molar-refractivity contribution < 1.29 is 68.5 Å². The highest BCUT2D eigenvalue weighted by Gasteiger charge is 2.33. The van der Waals surface area contributed by atoms with E-state index in [1.54, 1.807) is 13.0 Å². The smallest absolute Gasteiger partial charge is 0.416 e. The van der Waals surface area contributed by atoms with Crippen molar-refractivity contribution in [1.82, 2.24) is 4.57 Å². The fourth-order valence-corrected chi connectivity index (χ4v) is 5.88. The first kappa shape index (κ1) is 45.2. The summed E-state index contributed by atoms with van der Waals surface area (Å²) in [5.74, 6) is -3.69. The number of aromatic nitrogens is 1. The molecule has 6 rings (SSSR count). The van der Waals surface area contributed by atoms with Crippen LogP contribution in [0.1, 0.15) is 68.4 Å². The second-order valence-corrected chi connectivity index (χ2v) is 13.5. The zero-order chi connectivity index (χ0) is 44.6. The van der Waals surface area contributed by atoms with E-state index in [2.05, 4.69) is 0 Å². The average Bonchev–Trinajstić information content (AvgIpc) is 3.59. The number of aromatic carboxylic acids is 1. The van der Waals surface area contributed by atoms with E-state index in [1.165, 1.54) is 72.2 Å². The van der Waals surface area contributed by atoms with E-state index in [4.69, 9.17) is 9.47 Å². The predicted molar refractivity (Wildman–Crippen MR) is 205 cm³/mol. The number of alkyl halides is 6. The third kappa shape index (κ3) is 11.9. The van der Waals surface area contributed by atoms with Gasteiger partial charge in [-0.3, -0.25) is 4.79 Å². The van der Waals surface area contributed by atoms with Gasteiger partial charge in [-0.2, -0.15) is 26.3 Å². The Bertz CT molecular complexity index is 2530. The lowest BCUT2D eigenvalue weighted by molar-refractivity contribution is -0.138. The lowest BCUT2D eigenvalue weighted by Crippen LogP contribution is -2.10. The van der Waals surface area contributed by atoms with Gasteiger partial charge in [-0.25, -0.2) is 18.0 Å². The molecule has 1 aromatic heterocycles. The molecule has 7 nitrogen and oxygen atoms in total. The van der Waals surface area contributed by atoms with Crippen molar-refractivity contribution >= 4 is 17.5 Å². The number of halogens is 9. The number of nitrogens with zero attached hydrogens (tertiary/aromatic N) is 1. The molecular weight excluding hydrogens is 821 g/mol. The van der Waals surface area contributed by atoms with Gasteiger partial charge in [0.2, 0.25) is 0 Å². The van der Waals surface area contributed by atoms with E-state index in [0.717, 1.165) is 48.5 Å². The van der Waals surface area contributed by atoms with Gasteiger partial charge < -0.3 is 23.9 Å². The Balaban J connectivity index is 0.000000242. The van der Waals surface area contributed by atoms with Crippen LogP contribution in [0.3, 0.4) is 0 Å². The van der Waals surface area contributed by atoms with Crippen LogP contribution in [0.4, 0.5) is 39.5 Å². The molecule has 0 saturated heterocycles. The minimum absolute atomic E-state index is 0.0177. The molecule has 0 unspecified atom stereocenters. The number of carbonyl (C=O) groups excluding carboxylic acids is 2. The van der Waals surface area contributed by atoms with Crippen LogP contribution < -0.4 is 9.47 Å². The van der Waals surface area contributed by atoms with Gasteiger partial charge in [-0.15, -0.1) is 0 Å². The van der Waals surface area contributed by atoms with Gasteiger partial charge >= 0.3 is 18.3 Å². The van der Waals surface area contributed by atoms with Gasteiger partial charge in [0.25, 0.3) is 0 Å². The number of carboxylic acids is 1. The van der Waals surface area contributed by atoms with Crippen molar-refractivity contribution in [1.29, 1.82) is 0 Å². The molecule has 0 aliphatic carbocycles. The molecule has 0 radical (unpaired) electrons. The second-order valence-electron chi connectivity index (χ2n) is 13.5. The molecule has 6 aromatic rings. The van der Waals surface area contributed by atoms with E-state index in [0.29, 0.717) is 16.8 Å². The Kier molecular flexibility index (Phi) is 14.1. The molecule has 0 bridgehead atoms. The maximum atomic E-state index is 14.8. The summed E-state index contributed by atoms with van der Waals surface area (Å²) in [6.07, 6.45) is -9.52. The molecule has 0 atom stereocenters. The standard InChI is InChI=1S/C26H18F5NO3.C19H16F4O3/c1-15-2-10-22(32(15)23-12-17(25(33)34)5-9-21(23)28)20-13-18(26(29,30)31)6-11-24(20)35-14-16-3-7-19(27)8-4-16;1-12(24)2-8-17(25)16-10-14(19(21,22)23)5-9-18(16)26-11-13-3-6-15(20)7-4-13/h2-13H,14H2,1H3,(H,33,34);3-7,9-10H,2,8,11H2,1H3. The molecular formula is C45H34F9NO6. The van der Waals surface area contributed by atoms with Crippen LogP contribution in [0.5, 0.6) is 11.5 Å². The van der Waals surface area contributed by atoms with Gasteiger partial charge in [0.05, 0.1) is 33.6 Å². The number of aryl methyl sites for hydroxylation is 1. The Labute approximate surface area is 342 Å². The summed E-state index contributed by atoms with van der Waals surface area (Å²) in [4.78, 5) is 34.7. The van der Waals surface area contributed by atoms with Crippen LogP contribution in [-0.4, -0.2) is 27.2 Å².